The van der Waals surface area contributed by atoms with Crippen LogP contribution in [0.1, 0.15) is 17.7 Å². The quantitative estimate of drug-likeness (QED) is 0.732. The minimum absolute atomic E-state index is 0.306. The first-order chi connectivity index (χ1) is 12.3. The highest BCUT2D eigenvalue weighted by Gasteiger charge is 2.32. The van der Waals surface area contributed by atoms with Crippen molar-refractivity contribution in [1.29, 1.82) is 0 Å². The molecule has 0 bridgehead atoms. The van der Waals surface area contributed by atoms with Crippen molar-refractivity contribution in [3.63, 3.8) is 0 Å². The zero-order valence-corrected chi connectivity index (χ0v) is 13.9. The van der Waals surface area contributed by atoms with Crippen LogP contribution in [0, 0.1) is 6.92 Å². The van der Waals surface area contributed by atoms with Crippen molar-refractivity contribution >= 4 is 16.9 Å². The van der Waals surface area contributed by atoms with Gasteiger partial charge < -0.3 is 10.0 Å². The SMILES string of the molecule is Cc1nc(N2CC[C@@H](O)C2)ncc1-c1cc(C(F)(F)F)cc2[nH]ncc12. The van der Waals surface area contributed by atoms with E-state index >= 15 is 0 Å². The van der Waals surface area contributed by atoms with E-state index in [0.717, 1.165) is 12.1 Å². The zero-order valence-electron chi connectivity index (χ0n) is 13.9. The molecule has 2 N–H and O–H groups in total. The molecular weight excluding hydrogens is 347 g/mol. The number of hydrogen-bond acceptors (Lipinski definition) is 5. The number of aryl methyl sites for hydroxylation is 1. The van der Waals surface area contributed by atoms with Crippen molar-refractivity contribution in [2.75, 3.05) is 18.0 Å². The Kier molecular flexibility index (Phi) is 3.83. The fourth-order valence-corrected chi connectivity index (χ4v) is 3.23. The summed E-state index contributed by atoms with van der Waals surface area (Å²) >= 11 is 0. The van der Waals surface area contributed by atoms with E-state index in [0.29, 0.717) is 53.2 Å². The molecular formula is C17H16F3N5O. The summed E-state index contributed by atoms with van der Waals surface area (Å²) in [7, 11) is 0. The van der Waals surface area contributed by atoms with Crippen LogP contribution in [0.4, 0.5) is 19.1 Å². The molecule has 0 spiro atoms. The molecule has 1 aromatic carbocycles. The van der Waals surface area contributed by atoms with E-state index in [2.05, 4.69) is 20.2 Å². The van der Waals surface area contributed by atoms with Crippen LogP contribution in [0.5, 0.6) is 0 Å². The highest BCUT2D eigenvalue weighted by atomic mass is 19.4. The number of rotatable bonds is 2. The van der Waals surface area contributed by atoms with Crippen LogP contribution in [-0.2, 0) is 6.18 Å². The molecule has 3 aromatic rings. The Hall–Kier alpha value is -2.68. The monoisotopic (exact) mass is 363 g/mol. The van der Waals surface area contributed by atoms with Gasteiger partial charge in [-0.3, -0.25) is 5.10 Å². The maximum absolute atomic E-state index is 13.2. The number of anilines is 1. The lowest BCUT2D eigenvalue weighted by Crippen LogP contribution is -2.23. The summed E-state index contributed by atoms with van der Waals surface area (Å²) < 4.78 is 39.7. The Labute approximate surface area is 146 Å². The number of aliphatic hydroxyl groups is 1. The lowest BCUT2D eigenvalue weighted by molar-refractivity contribution is -0.137. The fourth-order valence-electron chi connectivity index (χ4n) is 3.23. The molecule has 6 nitrogen and oxygen atoms in total. The smallest absolute Gasteiger partial charge is 0.391 e. The van der Waals surface area contributed by atoms with E-state index in [1.165, 1.54) is 12.4 Å². The number of aromatic nitrogens is 4. The number of aliphatic hydroxyl groups excluding tert-OH is 1. The van der Waals surface area contributed by atoms with Crippen LogP contribution in [0.15, 0.2) is 24.5 Å². The normalized spacial score (nSPS) is 18.0. The number of nitrogens with one attached hydrogen (secondary N) is 1. The predicted octanol–water partition coefficient (Wildman–Crippen LogP) is 2.92. The summed E-state index contributed by atoms with van der Waals surface area (Å²) in [6, 6.07) is 2.14. The maximum atomic E-state index is 13.2. The van der Waals surface area contributed by atoms with Crippen molar-refractivity contribution in [2.45, 2.75) is 25.6 Å². The van der Waals surface area contributed by atoms with Gasteiger partial charge in [-0.25, -0.2) is 9.97 Å². The third kappa shape index (κ3) is 2.88. The molecule has 4 rings (SSSR count). The van der Waals surface area contributed by atoms with E-state index in [9.17, 15) is 18.3 Å². The lowest BCUT2D eigenvalue weighted by Gasteiger charge is -2.17. The second-order valence-corrected chi connectivity index (χ2v) is 6.41. The number of nitrogens with zero attached hydrogens (tertiary/aromatic N) is 4. The van der Waals surface area contributed by atoms with Crippen molar-refractivity contribution in [2.24, 2.45) is 0 Å². The molecule has 2 aromatic heterocycles. The van der Waals surface area contributed by atoms with Gasteiger partial charge >= 0.3 is 6.18 Å². The largest absolute Gasteiger partial charge is 0.416 e. The van der Waals surface area contributed by atoms with Gasteiger partial charge in [-0.05, 0) is 31.0 Å². The van der Waals surface area contributed by atoms with E-state index in [1.54, 1.807) is 6.92 Å². The Bertz CT molecular complexity index is 969. The average Bonchev–Trinajstić information content (AvgIpc) is 3.21. The van der Waals surface area contributed by atoms with Gasteiger partial charge in [-0.2, -0.15) is 18.3 Å². The molecule has 1 saturated heterocycles. The van der Waals surface area contributed by atoms with Gasteiger partial charge in [0.25, 0.3) is 0 Å². The van der Waals surface area contributed by atoms with Gasteiger partial charge in [0.1, 0.15) is 0 Å². The third-order valence-electron chi connectivity index (χ3n) is 4.59. The van der Waals surface area contributed by atoms with E-state index in [4.69, 9.17) is 0 Å². The Morgan fingerprint density at radius 1 is 1.23 bits per heavy atom. The van der Waals surface area contributed by atoms with Crippen LogP contribution in [0.25, 0.3) is 22.0 Å². The summed E-state index contributed by atoms with van der Waals surface area (Å²) in [5.74, 6) is 0.471. The molecule has 26 heavy (non-hydrogen) atoms. The van der Waals surface area contributed by atoms with Gasteiger partial charge in [0.05, 0.1) is 29.1 Å². The first kappa shape index (κ1) is 16.8. The first-order valence-corrected chi connectivity index (χ1v) is 8.14. The van der Waals surface area contributed by atoms with E-state index in [1.807, 2.05) is 4.90 Å². The highest BCUT2D eigenvalue weighted by molar-refractivity contribution is 5.95. The molecule has 1 atom stereocenters. The minimum Gasteiger partial charge on any atom is -0.391 e. The number of fused-ring (bicyclic) bond motifs is 1. The van der Waals surface area contributed by atoms with Gasteiger partial charge in [0, 0.05) is 30.2 Å². The van der Waals surface area contributed by atoms with E-state index < -0.39 is 17.8 Å². The number of β-amino-alcohol motifs (C(OH)–C–C–N with tert-alkyl or cyclic N) is 1. The standard InChI is InChI=1S/C17H16F3N5O/c1-9-13(6-21-16(23-9)25-3-2-11(26)8-25)12-4-10(17(18,19)20)5-15-14(12)7-22-24-15/h4-7,11,26H,2-3,8H2,1H3,(H,22,24)/t11-/m1/s1. The van der Waals surface area contributed by atoms with Crippen molar-refractivity contribution in [3.05, 3.63) is 35.8 Å². The van der Waals surface area contributed by atoms with Crippen LogP contribution < -0.4 is 4.90 Å². The van der Waals surface area contributed by atoms with Crippen LogP contribution in [0.2, 0.25) is 0 Å². The van der Waals surface area contributed by atoms with Crippen LogP contribution >= 0.6 is 0 Å². The first-order valence-electron chi connectivity index (χ1n) is 8.14. The Balaban J connectivity index is 1.81. The molecule has 0 radical (unpaired) electrons. The number of H-pyrrole nitrogens is 1. The predicted molar refractivity (Wildman–Crippen MR) is 89.7 cm³/mol. The molecule has 0 unspecified atom stereocenters. The molecule has 0 aliphatic carbocycles. The zero-order chi connectivity index (χ0) is 18.5. The summed E-state index contributed by atoms with van der Waals surface area (Å²) in [4.78, 5) is 10.6. The van der Waals surface area contributed by atoms with Gasteiger partial charge in [0.15, 0.2) is 0 Å². The highest BCUT2D eigenvalue weighted by Crippen LogP contribution is 2.37. The fraction of sp³-hybridized carbons (Fsp3) is 0.353. The average molecular weight is 363 g/mol. The molecule has 1 fully saturated rings. The van der Waals surface area contributed by atoms with Crippen molar-refractivity contribution in [1.82, 2.24) is 20.2 Å². The second kappa shape index (κ2) is 5.94. The summed E-state index contributed by atoms with van der Waals surface area (Å²) in [5, 5.41) is 16.7. The third-order valence-corrected chi connectivity index (χ3v) is 4.59. The van der Waals surface area contributed by atoms with Gasteiger partial charge in [-0.1, -0.05) is 0 Å². The molecule has 1 aliphatic rings. The van der Waals surface area contributed by atoms with Crippen LogP contribution in [0.3, 0.4) is 0 Å². The van der Waals surface area contributed by atoms with Crippen molar-refractivity contribution in [3.8, 4) is 11.1 Å². The lowest BCUT2D eigenvalue weighted by atomic mass is 9.99. The summed E-state index contributed by atoms with van der Waals surface area (Å²) in [6.07, 6.45) is -1.20. The molecule has 0 saturated carbocycles. The maximum Gasteiger partial charge on any atom is 0.416 e. The van der Waals surface area contributed by atoms with Gasteiger partial charge in [-0.15, -0.1) is 0 Å². The summed E-state index contributed by atoms with van der Waals surface area (Å²) in [6.45, 7) is 2.84. The van der Waals surface area contributed by atoms with Crippen LogP contribution in [-0.4, -0.2) is 44.5 Å². The summed E-state index contributed by atoms with van der Waals surface area (Å²) in [5.41, 5.74) is 1.02. The second-order valence-electron chi connectivity index (χ2n) is 6.41. The van der Waals surface area contributed by atoms with Crippen molar-refractivity contribution < 1.29 is 18.3 Å². The minimum atomic E-state index is -4.46. The molecule has 0 amide bonds. The number of halogens is 3. The molecule has 1 aliphatic heterocycles. The molecule has 136 valence electrons. The topological polar surface area (TPSA) is 77.9 Å². The van der Waals surface area contributed by atoms with Gasteiger partial charge in [0.2, 0.25) is 5.95 Å². The molecule has 3 heterocycles. The van der Waals surface area contributed by atoms with E-state index in [-0.39, 0.29) is 0 Å². The number of alkyl halides is 3. The Morgan fingerprint density at radius 3 is 2.69 bits per heavy atom. The molecule has 9 heteroatoms. The number of benzene rings is 1. The number of hydrogen-bond donors (Lipinski definition) is 2. The Morgan fingerprint density at radius 2 is 2.04 bits per heavy atom. The number of aromatic amines is 1.